The third-order valence-electron chi connectivity index (χ3n) is 1.55. The Morgan fingerprint density at radius 3 is 2.42 bits per heavy atom. The maximum Gasteiger partial charge on any atom is 0.190 e. The topological polar surface area (TPSA) is 37.3 Å². The van der Waals surface area contributed by atoms with E-state index in [4.69, 9.17) is 5.11 Å². The number of benzene rings is 1. The van der Waals surface area contributed by atoms with Gasteiger partial charge in [0.25, 0.3) is 0 Å². The highest BCUT2D eigenvalue weighted by molar-refractivity contribution is 6.08. The van der Waals surface area contributed by atoms with E-state index in [-0.39, 0.29) is 18.0 Å². The predicted octanol–water partition coefficient (Wildman–Crippen LogP) is 1.42. The van der Waals surface area contributed by atoms with Crippen LogP contribution in [0.25, 0.3) is 0 Å². The molecule has 1 aromatic carbocycles. The van der Waals surface area contributed by atoms with Crippen molar-refractivity contribution < 1.29 is 9.90 Å². The van der Waals surface area contributed by atoms with Crippen LogP contribution in [0.3, 0.4) is 0 Å². The first-order chi connectivity index (χ1) is 5.75. The zero-order valence-electron chi connectivity index (χ0n) is 6.66. The summed E-state index contributed by atoms with van der Waals surface area (Å²) < 4.78 is 0. The molecule has 0 aliphatic rings. The minimum absolute atomic E-state index is 0.196. The molecule has 0 fully saturated rings. The first-order valence-electron chi connectivity index (χ1n) is 3.64. The first-order valence-corrected chi connectivity index (χ1v) is 3.64. The number of ketones is 1. The molecule has 1 N–H and O–H groups in total. The predicted molar refractivity (Wildman–Crippen MR) is 47.0 cm³/mol. The average molecular weight is 162 g/mol. The van der Waals surface area contributed by atoms with Gasteiger partial charge in [0.05, 0.1) is 6.61 Å². The SMILES string of the molecule is C=C(CO)C(=O)c1ccccc1. The van der Waals surface area contributed by atoms with Gasteiger partial charge in [-0.2, -0.15) is 0 Å². The van der Waals surface area contributed by atoms with Crippen molar-refractivity contribution in [2.24, 2.45) is 0 Å². The van der Waals surface area contributed by atoms with Crippen LogP contribution in [0, 0.1) is 0 Å². The number of aliphatic hydroxyl groups is 1. The summed E-state index contributed by atoms with van der Waals surface area (Å²) in [6.45, 7) is 3.17. The highest BCUT2D eigenvalue weighted by atomic mass is 16.3. The Labute approximate surface area is 71.2 Å². The van der Waals surface area contributed by atoms with Crippen LogP contribution in [0.5, 0.6) is 0 Å². The smallest absolute Gasteiger partial charge is 0.190 e. The second-order valence-electron chi connectivity index (χ2n) is 2.46. The fourth-order valence-corrected chi connectivity index (χ4v) is 0.865. The van der Waals surface area contributed by atoms with E-state index in [1.807, 2.05) is 6.07 Å². The van der Waals surface area contributed by atoms with Gasteiger partial charge >= 0.3 is 0 Å². The van der Waals surface area contributed by atoms with E-state index in [2.05, 4.69) is 6.58 Å². The molecule has 12 heavy (non-hydrogen) atoms. The van der Waals surface area contributed by atoms with Gasteiger partial charge in [0, 0.05) is 11.1 Å². The van der Waals surface area contributed by atoms with Gasteiger partial charge in [-0.15, -0.1) is 0 Å². The molecule has 0 spiro atoms. The summed E-state index contributed by atoms with van der Waals surface area (Å²) in [5.41, 5.74) is 0.790. The Hall–Kier alpha value is -1.41. The summed E-state index contributed by atoms with van der Waals surface area (Å²) in [6.07, 6.45) is 0. The van der Waals surface area contributed by atoms with Gasteiger partial charge in [-0.1, -0.05) is 36.9 Å². The van der Waals surface area contributed by atoms with Gasteiger partial charge in [-0.25, -0.2) is 0 Å². The zero-order valence-corrected chi connectivity index (χ0v) is 6.66. The lowest BCUT2D eigenvalue weighted by Crippen LogP contribution is -2.05. The van der Waals surface area contributed by atoms with Crippen LogP contribution in [0.4, 0.5) is 0 Å². The third kappa shape index (κ3) is 1.80. The number of carbonyl (C=O) groups is 1. The Bertz CT molecular complexity index is 288. The van der Waals surface area contributed by atoms with Crippen molar-refractivity contribution in [1.82, 2.24) is 0 Å². The van der Waals surface area contributed by atoms with Gasteiger partial charge in [-0.3, -0.25) is 4.79 Å². The molecule has 0 aliphatic carbocycles. The molecule has 0 aliphatic heterocycles. The molecule has 0 heterocycles. The number of rotatable bonds is 3. The minimum Gasteiger partial charge on any atom is -0.392 e. The molecule has 0 bridgehead atoms. The summed E-state index contributed by atoms with van der Waals surface area (Å²) in [5, 5.41) is 8.65. The highest BCUT2D eigenvalue weighted by Gasteiger charge is 2.07. The fourth-order valence-electron chi connectivity index (χ4n) is 0.865. The monoisotopic (exact) mass is 162 g/mol. The summed E-state index contributed by atoms with van der Waals surface area (Å²) in [7, 11) is 0. The second-order valence-corrected chi connectivity index (χ2v) is 2.46. The van der Waals surface area contributed by atoms with Crippen molar-refractivity contribution in [3.05, 3.63) is 48.0 Å². The first kappa shape index (κ1) is 8.68. The third-order valence-corrected chi connectivity index (χ3v) is 1.55. The van der Waals surface area contributed by atoms with E-state index in [1.54, 1.807) is 24.3 Å². The van der Waals surface area contributed by atoms with E-state index >= 15 is 0 Å². The fraction of sp³-hybridized carbons (Fsp3) is 0.100. The molecule has 0 aromatic heterocycles. The number of hydrogen-bond acceptors (Lipinski definition) is 2. The molecule has 0 radical (unpaired) electrons. The van der Waals surface area contributed by atoms with E-state index in [9.17, 15) is 4.79 Å². The molecule has 0 unspecified atom stereocenters. The molecule has 0 amide bonds. The largest absolute Gasteiger partial charge is 0.392 e. The number of carbonyl (C=O) groups excluding carboxylic acids is 1. The molecule has 2 nitrogen and oxygen atoms in total. The van der Waals surface area contributed by atoms with Crippen LogP contribution in [0.2, 0.25) is 0 Å². The summed E-state index contributed by atoms with van der Waals surface area (Å²) in [6, 6.07) is 8.78. The van der Waals surface area contributed by atoms with Crippen LogP contribution >= 0.6 is 0 Å². The molecule has 0 saturated carbocycles. The molecule has 62 valence electrons. The number of Topliss-reactive ketones (excluding diaryl/α,β-unsaturated/α-hetero) is 1. The van der Waals surface area contributed by atoms with Crippen molar-refractivity contribution in [2.75, 3.05) is 6.61 Å². The van der Waals surface area contributed by atoms with Crippen molar-refractivity contribution in [2.45, 2.75) is 0 Å². The molecular formula is C10H10O2. The van der Waals surface area contributed by atoms with E-state index in [0.717, 1.165) is 0 Å². The quantitative estimate of drug-likeness (QED) is 0.539. The van der Waals surface area contributed by atoms with Crippen molar-refractivity contribution in [3.8, 4) is 0 Å². The van der Waals surface area contributed by atoms with Crippen molar-refractivity contribution in [3.63, 3.8) is 0 Å². The van der Waals surface area contributed by atoms with Crippen LogP contribution in [0.15, 0.2) is 42.5 Å². The van der Waals surface area contributed by atoms with Crippen molar-refractivity contribution in [1.29, 1.82) is 0 Å². The van der Waals surface area contributed by atoms with Crippen LogP contribution in [-0.4, -0.2) is 17.5 Å². The van der Waals surface area contributed by atoms with Gasteiger partial charge < -0.3 is 5.11 Å². The Kier molecular flexibility index (Phi) is 2.77. The summed E-state index contributed by atoms with van der Waals surface area (Å²) >= 11 is 0. The van der Waals surface area contributed by atoms with Crippen LogP contribution in [0.1, 0.15) is 10.4 Å². The summed E-state index contributed by atoms with van der Waals surface area (Å²) in [5.74, 6) is -0.196. The molecule has 1 aromatic rings. The van der Waals surface area contributed by atoms with Crippen LogP contribution in [-0.2, 0) is 0 Å². The van der Waals surface area contributed by atoms with Gasteiger partial charge in [-0.05, 0) is 0 Å². The molecular weight excluding hydrogens is 152 g/mol. The maximum atomic E-state index is 11.3. The highest BCUT2D eigenvalue weighted by Crippen LogP contribution is 2.05. The minimum atomic E-state index is -0.284. The average Bonchev–Trinajstić information content (AvgIpc) is 2.17. The van der Waals surface area contributed by atoms with E-state index < -0.39 is 0 Å². The van der Waals surface area contributed by atoms with E-state index in [0.29, 0.717) is 5.56 Å². The Morgan fingerprint density at radius 2 is 1.92 bits per heavy atom. The Morgan fingerprint density at radius 1 is 1.33 bits per heavy atom. The van der Waals surface area contributed by atoms with Gasteiger partial charge in [0.1, 0.15) is 0 Å². The Balaban J connectivity index is 2.86. The normalized spacial score (nSPS) is 9.42. The second kappa shape index (κ2) is 3.83. The summed E-state index contributed by atoms with van der Waals surface area (Å²) in [4.78, 5) is 11.3. The maximum absolute atomic E-state index is 11.3. The lowest BCUT2D eigenvalue weighted by molar-refractivity contribution is 0.102. The molecule has 1 rings (SSSR count). The van der Waals surface area contributed by atoms with E-state index in [1.165, 1.54) is 0 Å². The molecule has 2 heteroatoms. The van der Waals surface area contributed by atoms with Gasteiger partial charge in [0.15, 0.2) is 5.78 Å². The standard InChI is InChI=1S/C10H10O2/c1-8(7-11)10(12)9-5-3-2-4-6-9/h2-6,11H,1,7H2. The lowest BCUT2D eigenvalue weighted by atomic mass is 10.1. The van der Waals surface area contributed by atoms with Gasteiger partial charge in [0.2, 0.25) is 0 Å². The van der Waals surface area contributed by atoms with Crippen LogP contribution < -0.4 is 0 Å². The number of hydrogen-bond donors (Lipinski definition) is 1. The number of aliphatic hydroxyl groups excluding tert-OH is 1. The van der Waals surface area contributed by atoms with Crippen molar-refractivity contribution >= 4 is 5.78 Å². The lowest BCUT2D eigenvalue weighted by Gasteiger charge is -1.99. The zero-order chi connectivity index (χ0) is 8.97. The molecule has 0 atom stereocenters. The molecule has 0 saturated heterocycles.